The van der Waals surface area contributed by atoms with E-state index in [1.54, 1.807) is 0 Å². The number of carbonyl (C=O) groups is 1. The summed E-state index contributed by atoms with van der Waals surface area (Å²) in [6.45, 7) is 7.89. The Hall–Kier alpha value is -1.57. The van der Waals surface area contributed by atoms with Crippen molar-refractivity contribution >= 4 is 16.7 Å². The molecular formula is C14H17NO. The van der Waals surface area contributed by atoms with Crippen LogP contribution in [0.2, 0.25) is 0 Å². The molecule has 1 aromatic carbocycles. The van der Waals surface area contributed by atoms with Crippen LogP contribution in [-0.2, 0) is 0 Å². The summed E-state index contributed by atoms with van der Waals surface area (Å²) in [7, 11) is 0. The Morgan fingerprint density at radius 3 is 2.56 bits per heavy atom. The summed E-state index contributed by atoms with van der Waals surface area (Å²) in [5.74, 6) is 0.188. The third kappa shape index (κ3) is 1.64. The van der Waals surface area contributed by atoms with Gasteiger partial charge in [-0.1, -0.05) is 32.9 Å². The molecule has 2 heteroatoms. The maximum absolute atomic E-state index is 12.3. The maximum atomic E-state index is 12.3. The quantitative estimate of drug-likeness (QED) is 0.723. The van der Waals surface area contributed by atoms with Crippen molar-refractivity contribution in [3.05, 3.63) is 35.5 Å². The highest BCUT2D eigenvalue weighted by atomic mass is 16.1. The first-order valence-corrected chi connectivity index (χ1v) is 5.53. The Morgan fingerprint density at radius 1 is 1.25 bits per heavy atom. The third-order valence-electron chi connectivity index (χ3n) is 2.84. The zero-order chi connectivity index (χ0) is 11.9. The van der Waals surface area contributed by atoms with Gasteiger partial charge in [-0.25, -0.2) is 0 Å². The molecule has 0 saturated heterocycles. The molecule has 0 unspecified atom stereocenters. The van der Waals surface area contributed by atoms with Crippen LogP contribution in [-0.4, -0.2) is 10.8 Å². The molecule has 0 aliphatic carbocycles. The topological polar surface area (TPSA) is 32.9 Å². The fraction of sp³-hybridized carbons (Fsp3) is 0.357. The van der Waals surface area contributed by atoms with Gasteiger partial charge in [-0.15, -0.1) is 0 Å². The number of hydrogen-bond donors (Lipinski definition) is 1. The smallest absolute Gasteiger partial charge is 0.170 e. The monoisotopic (exact) mass is 215 g/mol. The predicted octanol–water partition coefficient (Wildman–Crippen LogP) is 3.71. The average Bonchev–Trinajstić information content (AvgIpc) is 2.60. The largest absolute Gasteiger partial charge is 0.360 e. The van der Waals surface area contributed by atoms with Gasteiger partial charge in [-0.05, 0) is 18.6 Å². The maximum Gasteiger partial charge on any atom is 0.170 e. The number of aromatic amines is 1. The van der Waals surface area contributed by atoms with Gasteiger partial charge >= 0.3 is 0 Å². The second-order valence-corrected chi connectivity index (χ2v) is 5.28. The molecule has 1 heterocycles. The van der Waals surface area contributed by atoms with E-state index >= 15 is 0 Å². The van der Waals surface area contributed by atoms with E-state index in [-0.39, 0.29) is 11.2 Å². The van der Waals surface area contributed by atoms with Crippen LogP contribution >= 0.6 is 0 Å². The number of ketones is 1. The molecule has 2 rings (SSSR count). The first kappa shape index (κ1) is 10.9. The van der Waals surface area contributed by atoms with Crippen LogP contribution in [0.25, 0.3) is 10.9 Å². The zero-order valence-electron chi connectivity index (χ0n) is 10.2. The summed E-state index contributed by atoms with van der Waals surface area (Å²) in [4.78, 5) is 15.4. The molecule has 0 bridgehead atoms. The van der Waals surface area contributed by atoms with E-state index in [0.29, 0.717) is 0 Å². The molecule has 1 N–H and O–H groups in total. The molecule has 2 nitrogen and oxygen atoms in total. The van der Waals surface area contributed by atoms with E-state index in [9.17, 15) is 4.79 Å². The number of aryl methyl sites for hydroxylation is 1. The van der Waals surface area contributed by atoms with E-state index in [0.717, 1.165) is 22.0 Å². The number of benzene rings is 1. The normalized spacial score (nSPS) is 12.0. The highest BCUT2D eigenvalue weighted by molar-refractivity contribution is 6.11. The Labute approximate surface area is 95.7 Å². The number of hydrogen-bond acceptors (Lipinski definition) is 1. The molecule has 0 aliphatic rings. The fourth-order valence-corrected chi connectivity index (χ4v) is 1.95. The summed E-state index contributed by atoms with van der Waals surface area (Å²) in [5, 5.41) is 1.06. The van der Waals surface area contributed by atoms with Gasteiger partial charge in [0.15, 0.2) is 5.78 Å². The molecule has 0 amide bonds. The molecule has 16 heavy (non-hydrogen) atoms. The van der Waals surface area contributed by atoms with Crippen LogP contribution in [0.15, 0.2) is 24.4 Å². The molecule has 2 aromatic rings. The highest BCUT2D eigenvalue weighted by Crippen LogP contribution is 2.28. The number of nitrogens with one attached hydrogen (secondary N) is 1. The molecule has 1 aromatic heterocycles. The lowest BCUT2D eigenvalue weighted by atomic mass is 9.86. The zero-order valence-corrected chi connectivity index (χ0v) is 10.2. The number of fused-ring (bicyclic) bond motifs is 1. The van der Waals surface area contributed by atoms with Crippen LogP contribution in [0.4, 0.5) is 0 Å². The summed E-state index contributed by atoms with van der Waals surface area (Å²) in [5.41, 5.74) is 2.65. The van der Waals surface area contributed by atoms with E-state index in [4.69, 9.17) is 0 Å². The van der Waals surface area contributed by atoms with E-state index < -0.39 is 0 Å². The number of aromatic nitrogens is 1. The van der Waals surface area contributed by atoms with Crippen LogP contribution in [0.3, 0.4) is 0 Å². The van der Waals surface area contributed by atoms with Gasteiger partial charge in [0.25, 0.3) is 0 Å². The minimum Gasteiger partial charge on any atom is -0.360 e. The predicted molar refractivity (Wildman–Crippen MR) is 66.8 cm³/mol. The lowest BCUT2D eigenvalue weighted by Gasteiger charge is -2.16. The van der Waals surface area contributed by atoms with Gasteiger partial charge in [-0.2, -0.15) is 0 Å². The van der Waals surface area contributed by atoms with Crippen LogP contribution in [0, 0.1) is 12.3 Å². The van der Waals surface area contributed by atoms with Crippen molar-refractivity contribution < 1.29 is 4.79 Å². The van der Waals surface area contributed by atoms with Gasteiger partial charge in [-0.3, -0.25) is 4.79 Å². The second-order valence-electron chi connectivity index (χ2n) is 5.28. The summed E-state index contributed by atoms with van der Waals surface area (Å²) in [6.07, 6.45) is 1.82. The van der Waals surface area contributed by atoms with Gasteiger partial charge in [0.2, 0.25) is 0 Å². The molecule has 0 radical (unpaired) electrons. The van der Waals surface area contributed by atoms with E-state index in [1.165, 1.54) is 0 Å². The Balaban J connectivity index is 2.67. The van der Waals surface area contributed by atoms with E-state index in [2.05, 4.69) is 4.98 Å². The van der Waals surface area contributed by atoms with Gasteiger partial charge in [0, 0.05) is 28.1 Å². The SMILES string of the molecule is Cc1cccc2[nH]cc(C(=O)C(C)(C)C)c12. The highest BCUT2D eigenvalue weighted by Gasteiger charge is 2.25. The molecule has 0 saturated carbocycles. The number of rotatable bonds is 1. The van der Waals surface area contributed by atoms with Crippen molar-refractivity contribution in [2.75, 3.05) is 0 Å². The molecule has 0 spiro atoms. The Morgan fingerprint density at radius 2 is 1.94 bits per heavy atom. The minimum absolute atomic E-state index is 0.188. The molecule has 84 valence electrons. The Kier molecular flexibility index (Phi) is 2.38. The van der Waals surface area contributed by atoms with Crippen LogP contribution < -0.4 is 0 Å². The van der Waals surface area contributed by atoms with Gasteiger partial charge < -0.3 is 4.98 Å². The fourth-order valence-electron chi connectivity index (χ4n) is 1.95. The average molecular weight is 215 g/mol. The van der Waals surface area contributed by atoms with Gasteiger partial charge in [0.1, 0.15) is 0 Å². The van der Waals surface area contributed by atoms with Crippen molar-refractivity contribution in [1.82, 2.24) is 4.98 Å². The molecule has 0 aliphatic heterocycles. The first-order valence-electron chi connectivity index (χ1n) is 5.53. The Bertz CT molecular complexity index is 543. The summed E-state index contributed by atoms with van der Waals surface area (Å²) in [6, 6.07) is 6.04. The van der Waals surface area contributed by atoms with Crippen molar-refractivity contribution in [2.45, 2.75) is 27.7 Å². The lowest BCUT2D eigenvalue weighted by Crippen LogP contribution is -2.19. The molecular weight excluding hydrogens is 198 g/mol. The lowest BCUT2D eigenvalue weighted by molar-refractivity contribution is 0.0860. The second kappa shape index (κ2) is 3.48. The van der Waals surface area contributed by atoms with Crippen molar-refractivity contribution in [3.63, 3.8) is 0 Å². The standard InChI is InChI=1S/C14H17NO/c1-9-6-5-7-11-12(9)10(8-15-11)13(16)14(2,3)4/h5-8,15H,1-4H3. The van der Waals surface area contributed by atoms with Crippen LogP contribution in [0.5, 0.6) is 0 Å². The molecule has 0 atom stereocenters. The summed E-state index contributed by atoms with van der Waals surface area (Å²) < 4.78 is 0. The van der Waals surface area contributed by atoms with Crippen molar-refractivity contribution in [2.24, 2.45) is 5.41 Å². The molecule has 0 fully saturated rings. The van der Waals surface area contributed by atoms with Gasteiger partial charge in [0.05, 0.1) is 0 Å². The van der Waals surface area contributed by atoms with E-state index in [1.807, 2.05) is 52.1 Å². The third-order valence-corrected chi connectivity index (χ3v) is 2.84. The minimum atomic E-state index is -0.336. The van der Waals surface area contributed by atoms with Crippen LogP contribution in [0.1, 0.15) is 36.7 Å². The van der Waals surface area contributed by atoms with Crippen molar-refractivity contribution in [3.8, 4) is 0 Å². The number of carbonyl (C=O) groups excluding carboxylic acids is 1. The number of H-pyrrole nitrogens is 1. The summed E-state index contributed by atoms with van der Waals surface area (Å²) >= 11 is 0. The van der Waals surface area contributed by atoms with Crippen molar-refractivity contribution in [1.29, 1.82) is 0 Å². The number of Topliss-reactive ketones (excluding diaryl/α,β-unsaturated/α-hetero) is 1. The first-order chi connectivity index (χ1) is 7.41.